The molecule has 1 aliphatic rings. The molecule has 0 spiro atoms. The highest BCUT2D eigenvalue weighted by molar-refractivity contribution is 5.30. The van der Waals surface area contributed by atoms with Crippen LogP contribution in [0.3, 0.4) is 0 Å². The highest BCUT2D eigenvalue weighted by atomic mass is 16.5. The molecule has 0 amide bonds. The Bertz CT molecular complexity index is 286. The monoisotopic (exact) mass is 181 g/mol. The number of nitrogens with zero attached hydrogens (tertiary/aromatic N) is 3. The molecular formula is C7H11N5O. The minimum absolute atomic E-state index is 0.233. The van der Waals surface area contributed by atoms with Gasteiger partial charge in [-0.25, -0.2) is 9.97 Å². The van der Waals surface area contributed by atoms with Crippen molar-refractivity contribution in [2.24, 2.45) is 0 Å². The number of ether oxygens (including phenoxy) is 1. The predicted octanol–water partition coefficient (Wildman–Crippen LogP) is -0.345. The van der Waals surface area contributed by atoms with Crippen molar-refractivity contribution in [1.82, 2.24) is 15.0 Å². The molecule has 1 fully saturated rings. The van der Waals surface area contributed by atoms with Crippen LogP contribution in [-0.2, 0) is 4.74 Å². The topological polar surface area (TPSA) is 86.0 Å². The van der Waals surface area contributed by atoms with Gasteiger partial charge in [0.1, 0.15) is 6.33 Å². The summed E-state index contributed by atoms with van der Waals surface area (Å²) in [5.74, 6) is 0.749. The molecule has 13 heavy (non-hydrogen) atoms. The van der Waals surface area contributed by atoms with Crippen LogP contribution in [0.15, 0.2) is 6.33 Å². The Kier molecular flexibility index (Phi) is 2.22. The summed E-state index contributed by atoms with van der Waals surface area (Å²) in [6.45, 7) is 1.49. The van der Waals surface area contributed by atoms with Crippen molar-refractivity contribution in [3.8, 4) is 0 Å². The number of hydrogen-bond acceptors (Lipinski definition) is 6. The Morgan fingerprint density at radius 2 is 2.46 bits per heavy atom. The van der Waals surface area contributed by atoms with E-state index in [4.69, 9.17) is 10.5 Å². The van der Waals surface area contributed by atoms with Crippen molar-refractivity contribution in [1.29, 1.82) is 0 Å². The average Bonchev–Trinajstić information content (AvgIpc) is 2.57. The molecule has 1 aliphatic heterocycles. The first kappa shape index (κ1) is 8.18. The van der Waals surface area contributed by atoms with Gasteiger partial charge in [0, 0.05) is 6.61 Å². The number of nitrogen functional groups attached to an aromatic ring is 1. The summed E-state index contributed by atoms with van der Waals surface area (Å²) in [5.41, 5.74) is 5.40. The Morgan fingerprint density at radius 1 is 1.54 bits per heavy atom. The van der Waals surface area contributed by atoms with Gasteiger partial charge in [-0.3, -0.25) is 0 Å². The van der Waals surface area contributed by atoms with E-state index in [0.29, 0.717) is 18.6 Å². The zero-order chi connectivity index (χ0) is 9.10. The van der Waals surface area contributed by atoms with Crippen LogP contribution >= 0.6 is 0 Å². The van der Waals surface area contributed by atoms with E-state index < -0.39 is 0 Å². The number of aromatic nitrogens is 3. The molecule has 6 heteroatoms. The second kappa shape index (κ2) is 3.53. The largest absolute Gasteiger partial charge is 0.379 e. The van der Waals surface area contributed by atoms with E-state index in [1.807, 2.05) is 0 Å². The lowest BCUT2D eigenvalue weighted by Gasteiger charge is -2.09. The van der Waals surface area contributed by atoms with Crippen LogP contribution in [0.25, 0.3) is 0 Å². The van der Waals surface area contributed by atoms with Gasteiger partial charge in [-0.2, -0.15) is 4.98 Å². The fourth-order valence-corrected chi connectivity index (χ4v) is 1.21. The second-order valence-corrected chi connectivity index (χ2v) is 2.87. The van der Waals surface area contributed by atoms with Crippen LogP contribution in [0.2, 0.25) is 0 Å². The average molecular weight is 181 g/mol. The van der Waals surface area contributed by atoms with E-state index in [0.717, 1.165) is 13.0 Å². The summed E-state index contributed by atoms with van der Waals surface area (Å²) in [6, 6.07) is 0.293. The maximum Gasteiger partial charge on any atom is 0.227 e. The number of nitrogens with one attached hydrogen (secondary N) is 1. The maximum atomic E-state index is 5.40. The van der Waals surface area contributed by atoms with Crippen LogP contribution < -0.4 is 11.1 Å². The van der Waals surface area contributed by atoms with Crippen molar-refractivity contribution >= 4 is 11.9 Å². The maximum absolute atomic E-state index is 5.40. The summed E-state index contributed by atoms with van der Waals surface area (Å²) in [4.78, 5) is 11.6. The van der Waals surface area contributed by atoms with Gasteiger partial charge in [0.05, 0.1) is 12.6 Å². The highest BCUT2D eigenvalue weighted by Crippen LogP contribution is 2.09. The standard InChI is InChI=1S/C7H11N5O/c8-6-9-4-10-7(12-6)11-5-1-2-13-3-5/h4-5H,1-3H2,(H3,8,9,10,11,12). The molecule has 0 radical (unpaired) electrons. The van der Waals surface area contributed by atoms with Crippen molar-refractivity contribution in [2.45, 2.75) is 12.5 Å². The summed E-state index contributed by atoms with van der Waals surface area (Å²) >= 11 is 0. The van der Waals surface area contributed by atoms with Crippen molar-refractivity contribution in [3.05, 3.63) is 6.33 Å². The molecule has 1 saturated heterocycles. The lowest BCUT2D eigenvalue weighted by molar-refractivity contribution is 0.195. The molecule has 1 atom stereocenters. The lowest BCUT2D eigenvalue weighted by Crippen LogP contribution is -2.20. The molecule has 0 aliphatic carbocycles. The van der Waals surface area contributed by atoms with Crippen LogP contribution in [0.5, 0.6) is 0 Å². The molecule has 1 aromatic rings. The summed E-state index contributed by atoms with van der Waals surface area (Å²) in [5, 5.41) is 3.11. The first-order valence-corrected chi connectivity index (χ1v) is 4.13. The first-order chi connectivity index (χ1) is 6.34. The molecule has 0 bridgehead atoms. The summed E-state index contributed by atoms with van der Waals surface area (Å²) < 4.78 is 5.19. The molecule has 0 aromatic carbocycles. The zero-order valence-corrected chi connectivity index (χ0v) is 7.10. The minimum Gasteiger partial charge on any atom is -0.379 e. The van der Waals surface area contributed by atoms with Crippen molar-refractivity contribution in [2.75, 3.05) is 24.3 Å². The van der Waals surface area contributed by atoms with Gasteiger partial charge in [-0.15, -0.1) is 0 Å². The smallest absolute Gasteiger partial charge is 0.227 e. The molecule has 1 aromatic heterocycles. The van der Waals surface area contributed by atoms with Crippen LogP contribution in [0.1, 0.15) is 6.42 Å². The van der Waals surface area contributed by atoms with Crippen LogP contribution in [0, 0.1) is 0 Å². The highest BCUT2D eigenvalue weighted by Gasteiger charge is 2.15. The molecule has 2 heterocycles. The fraction of sp³-hybridized carbons (Fsp3) is 0.571. The fourth-order valence-electron chi connectivity index (χ4n) is 1.21. The Hall–Kier alpha value is -1.43. The van der Waals surface area contributed by atoms with E-state index in [9.17, 15) is 0 Å². The van der Waals surface area contributed by atoms with E-state index >= 15 is 0 Å². The Balaban J connectivity index is 2.00. The first-order valence-electron chi connectivity index (χ1n) is 4.13. The van der Waals surface area contributed by atoms with E-state index in [-0.39, 0.29) is 5.95 Å². The third-order valence-corrected chi connectivity index (χ3v) is 1.85. The van der Waals surface area contributed by atoms with Gasteiger partial charge in [0.2, 0.25) is 11.9 Å². The quantitative estimate of drug-likeness (QED) is 0.648. The molecule has 2 rings (SSSR count). The van der Waals surface area contributed by atoms with E-state index in [1.165, 1.54) is 6.33 Å². The molecule has 6 nitrogen and oxygen atoms in total. The predicted molar refractivity (Wildman–Crippen MR) is 47.1 cm³/mol. The van der Waals surface area contributed by atoms with E-state index in [1.54, 1.807) is 0 Å². The summed E-state index contributed by atoms with van der Waals surface area (Å²) in [6.07, 6.45) is 2.37. The third kappa shape index (κ3) is 2.03. The van der Waals surface area contributed by atoms with Crippen LogP contribution in [0.4, 0.5) is 11.9 Å². The number of nitrogens with two attached hydrogens (primary N) is 1. The SMILES string of the molecule is Nc1ncnc(NC2CCOC2)n1. The number of rotatable bonds is 2. The lowest BCUT2D eigenvalue weighted by atomic mass is 10.3. The van der Waals surface area contributed by atoms with Gasteiger partial charge in [0.25, 0.3) is 0 Å². The molecule has 0 saturated carbocycles. The number of anilines is 2. The Morgan fingerprint density at radius 3 is 3.15 bits per heavy atom. The third-order valence-electron chi connectivity index (χ3n) is 1.85. The van der Waals surface area contributed by atoms with Gasteiger partial charge >= 0.3 is 0 Å². The summed E-state index contributed by atoms with van der Waals surface area (Å²) in [7, 11) is 0. The molecule has 3 N–H and O–H groups in total. The molecule has 1 unspecified atom stereocenters. The van der Waals surface area contributed by atoms with Gasteiger partial charge in [0.15, 0.2) is 0 Å². The number of hydrogen-bond donors (Lipinski definition) is 2. The molecular weight excluding hydrogens is 170 g/mol. The second-order valence-electron chi connectivity index (χ2n) is 2.87. The minimum atomic E-state index is 0.233. The Labute approximate surface area is 75.5 Å². The van der Waals surface area contributed by atoms with Gasteiger partial charge < -0.3 is 15.8 Å². The molecule has 70 valence electrons. The van der Waals surface area contributed by atoms with Gasteiger partial charge in [-0.05, 0) is 6.42 Å². The van der Waals surface area contributed by atoms with Crippen molar-refractivity contribution < 1.29 is 4.74 Å². The normalized spacial score (nSPS) is 21.7. The zero-order valence-electron chi connectivity index (χ0n) is 7.10. The van der Waals surface area contributed by atoms with E-state index in [2.05, 4.69) is 20.3 Å². The van der Waals surface area contributed by atoms with Gasteiger partial charge in [-0.1, -0.05) is 0 Å². The van der Waals surface area contributed by atoms with Crippen LogP contribution in [-0.4, -0.2) is 34.2 Å². The van der Waals surface area contributed by atoms with Crippen molar-refractivity contribution in [3.63, 3.8) is 0 Å².